The van der Waals surface area contributed by atoms with Crippen LogP contribution < -0.4 is 15.0 Å². The molecule has 0 radical (unpaired) electrons. The highest BCUT2D eigenvalue weighted by molar-refractivity contribution is 5.96. The zero-order valence-electron chi connectivity index (χ0n) is 18.5. The summed E-state index contributed by atoms with van der Waals surface area (Å²) in [6.07, 6.45) is 2.51. The summed E-state index contributed by atoms with van der Waals surface area (Å²) in [5.41, 5.74) is 3.08. The van der Waals surface area contributed by atoms with Crippen LogP contribution in [0.5, 0.6) is 5.75 Å². The molecule has 2 unspecified atom stereocenters. The second kappa shape index (κ2) is 8.82. The summed E-state index contributed by atoms with van der Waals surface area (Å²) in [7, 11) is 2.06. The van der Waals surface area contributed by atoms with Crippen molar-refractivity contribution in [3.63, 3.8) is 0 Å². The van der Waals surface area contributed by atoms with E-state index in [9.17, 15) is 9.59 Å². The summed E-state index contributed by atoms with van der Waals surface area (Å²) >= 11 is 0. The molecule has 168 valence electrons. The highest BCUT2D eigenvalue weighted by Gasteiger charge is 2.37. The minimum absolute atomic E-state index is 0.0280. The minimum Gasteiger partial charge on any atom is -0.476 e. The van der Waals surface area contributed by atoms with Crippen molar-refractivity contribution in [3.05, 3.63) is 59.7 Å². The number of amides is 3. The van der Waals surface area contributed by atoms with Gasteiger partial charge in [-0.05, 0) is 49.6 Å². The number of anilines is 1. The second-order valence-electron chi connectivity index (χ2n) is 8.97. The van der Waals surface area contributed by atoms with Gasteiger partial charge in [0, 0.05) is 26.2 Å². The molecule has 1 fully saturated rings. The van der Waals surface area contributed by atoms with Gasteiger partial charge < -0.3 is 15.0 Å². The molecule has 1 saturated heterocycles. The molecule has 7 heteroatoms. The van der Waals surface area contributed by atoms with Crippen molar-refractivity contribution >= 4 is 17.6 Å². The number of hydrogen-bond acceptors (Lipinski definition) is 4. The average Bonchev–Trinajstić information content (AvgIpc) is 2.83. The summed E-state index contributed by atoms with van der Waals surface area (Å²) in [5, 5.41) is 3.22. The molecule has 1 N–H and O–H groups in total. The fourth-order valence-corrected chi connectivity index (χ4v) is 5.01. The molecule has 0 bridgehead atoms. The largest absolute Gasteiger partial charge is 0.476 e. The third-order valence-electron chi connectivity index (χ3n) is 6.62. The molecule has 0 spiro atoms. The van der Waals surface area contributed by atoms with Gasteiger partial charge in [-0.2, -0.15) is 0 Å². The molecule has 0 saturated carbocycles. The van der Waals surface area contributed by atoms with Crippen molar-refractivity contribution in [2.45, 2.75) is 38.0 Å². The Labute approximate surface area is 188 Å². The first-order valence-corrected chi connectivity index (χ1v) is 11.5. The number of benzene rings is 2. The van der Waals surface area contributed by atoms with Gasteiger partial charge in [-0.25, -0.2) is 4.79 Å². The van der Waals surface area contributed by atoms with E-state index in [4.69, 9.17) is 4.74 Å². The van der Waals surface area contributed by atoms with Gasteiger partial charge in [0.25, 0.3) is 5.91 Å². The normalized spacial score (nSPS) is 23.0. The molecular weight excluding hydrogens is 404 g/mol. The number of fused-ring (bicyclic) bond motifs is 2. The Bertz CT molecular complexity index is 1000. The highest BCUT2D eigenvalue weighted by atomic mass is 16.5. The summed E-state index contributed by atoms with van der Waals surface area (Å²) in [4.78, 5) is 32.4. The minimum atomic E-state index is -0.685. The second-order valence-corrected chi connectivity index (χ2v) is 8.97. The van der Waals surface area contributed by atoms with Crippen LogP contribution in [0.4, 0.5) is 10.5 Å². The topological polar surface area (TPSA) is 65.1 Å². The Morgan fingerprint density at radius 1 is 0.969 bits per heavy atom. The lowest BCUT2D eigenvalue weighted by Gasteiger charge is -2.39. The Balaban J connectivity index is 1.38. The quantitative estimate of drug-likeness (QED) is 0.789. The number of likely N-dealkylation sites (tertiary alicyclic amines) is 1. The summed E-state index contributed by atoms with van der Waals surface area (Å²) in [5.74, 6) is 0.546. The number of ether oxygens (including phenoxy) is 1. The number of carbonyl (C=O) groups is 2. The number of carbonyl (C=O) groups excluding carboxylic acids is 2. The molecule has 0 aromatic heterocycles. The molecule has 7 nitrogen and oxygen atoms in total. The number of piperidine rings is 1. The van der Waals surface area contributed by atoms with E-state index in [0.29, 0.717) is 11.4 Å². The lowest BCUT2D eigenvalue weighted by molar-refractivity contribution is -0.139. The van der Waals surface area contributed by atoms with Crippen molar-refractivity contribution in [2.75, 3.05) is 38.1 Å². The van der Waals surface area contributed by atoms with Gasteiger partial charge in [-0.1, -0.05) is 36.4 Å². The third kappa shape index (κ3) is 4.05. The first kappa shape index (κ1) is 20.8. The molecule has 32 heavy (non-hydrogen) atoms. The Morgan fingerprint density at radius 3 is 2.56 bits per heavy atom. The van der Waals surface area contributed by atoms with Gasteiger partial charge in [0.2, 0.25) is 0 Å². The number of urea groups is 1. The first-order valence-electron chi connectivity index (χ1n) is 11.5. The fourth-order valence-electron chi connectivity index (χ4n) is 5.01. The van der Waals surface area contributed by atoms with E-state index in [1.807, 2.05) is 41.3 Å². The SMILES string of the molecule is CN1Cc2ccccc2C(NC(=O)N2CC(C(=O)N3CCCCC3)Oc3ccccc32)C1. The van der Waals surface area contributed by atoms with Crippen molar-refractivity contribution < 1.29 is 14.3 Å². The predicted octanol–water partition coefficient (Wildman–Crippen LogP) is 3.16. The zero-order valence-corrected chi connectivity index (χ0v) is 18.5. The van der Waals surface area contributed by atoms with Gasteiger partial charge in [-0.15, -0.1) is 0 Å². The van der Waals surface area contributed by atoms with Crippen molar-refractivity contribution in [2.24, 2.45) is 0 Å². The predicted molar refractivity (Wildman–Crippen MR) is 123 cm³/mol. The van der Waals surface area contributed by atoms with Crippen molar-refractivity contribution in [1.29, 1.82) is 0 Å². The maximum atomic E-state index is 13.5. The van der Waals surface area contributed by atoms with Crippen LogP contribution >= 0.6 is 0 Å². The lowest BCUT2D eigenvalue weighted by atomic mass is 9.96. The van der Waals surface area contributed by atoms with Crippen LogP contribution in [0, 0.1) is 0 Å². The molecule has 3 aliphatic rings. The third-order valence-corrected chi connectivity index (χ3v) is 6.62. The number of para-hydroxylation sites is 2. The van der Waals surface area contributed by atoms with Gasteiger partial charge in [0.15, 0.2) is 6.10 Å². The highest BCUT2D eigenvalue weighted by Crippen LogP contribution is 2.34. The van der Waals surface area contributed by atoms with Crippen LogP contribution in [-0.2, 0) is 11.3 Å². The molecule has 2 aromatic rings. The van der Waals surface area contributed by atoms with E-state index in [1.165, 1.54) is 5.56 Å². The molecular formula is C25H30N4O3. The maximum absolute atomic E-state index is 13.5. The van der Waals surface area contributed by atoms with E-state index in [1.54, 1.807) is 4.90 Å². The van der Waals surface area contributed by atoms with E-state index < -0.39 is 6.10 Å². The maximum Gasteiger partial charge on any atom is 0.322 e. The molecule has 3 amide bonds. The van der Waals surface area contributed by atoms with Crippen LogP contribution in [0.2, 0.25) is 0 Å². The van der Waals surface area contributed by atoms with E-state index in [2.05, 4.69) is 29.4 Å². The van der Waals surface area contributed by atoms with Crippen LogP contribution in [0.25, 0.3) is 0 Å². The molecule has 3 heterocycles. The van der Waals surface area contributed by atoms with E-state index >= 15 is 0 Å². The smallest absolute Gasteiger partial charge is 0.322 e. The van der Waals surface area contributed by atoms with Crippen LogP contribution in [0.3, 0.4) is 0 Å². The van der Waals surface area contributed by atoms with Crippen molar-refractivity contribution in [3.8, 4) is 5.75 Å². The van der Waals surface area contributed by atoms with Gasteiger partial charge in [0.1, 0.15) is 5.75 Å². The molecule has 3 aliphatic heterocycles. The van der Waals surface area contributed by atoms with Crippen LogP contribution in [-0.4, -0.2) is 61.1 Å². The fraction of sp³-hybridized carbons (Fsp3) is 0.440. The van der Waals surface area contributed by atoms with Crippen LogP contribution in [0.1, 0.15) is 36.4 Å². The number of rotatable bonds is 2. The first-order chi connectivity index (χ1) is 15.6. The van der Waals surface area contributed by atoms with Gasteiger partial charge in [0.05, 0.1) is 18.3 Å². The Kier molecular flexibility index (Phi) is 5.74. The molecule has 2 aromatic carbocycles. The van der Waals surface area contributed by atoms with E-state index in [0.717, 1.165) is 51.0 Å². The summed E-state index contributed by atoms with van der Waals surface area (Å²) < 4.78 is 6.07. The molecule has 2 atom stereocenters. The molecule has 5 rings (SSSR count). The lowest BCUT2D eigenvalue weighted by Crippen LogP contribution is -2.55. The van der Waals surface area contributed by atoms with Crippen molar-refractivity contribution in [1.82, 2.24) is 15.1 Å². The Hall–Kier alpha value is -3.06. The van der Waals surface area contributed by atoms with Gasteiger partial charge >= 0.3 is 6.03 Å². The number of hydrogen-bond donors (Lipinski definition) is 1. The average molecular weight is 435 g/mol. The summed E-state index contributed by atoms with van der Waals surface area (Å²) in [6.45, 7) is 3.35. The summed E-state index contributed by atoms with van der Waals surface area (Å²) in [6, 6.07) is 15.4. The molecule has 0 aliphatic carbocycles. The number of nitrogens with one attached hydrogen (secondary N) is 1. The van der Waals surface area contributed by atoms with E-state index in [-0.39, 0.29) is 24.5 Å². The Morgan fingerprint density at radius 2 is 1.72 bits per heavy atom. The zero-order chi connectivity index (χ0) is 22.1. The number of likely N-dealkylation sites (N-methyl/N-ethyl adjacent to an activating group) is 1. The van der Waals surface area contributed by atoms with Crippen LogP contribution in [0.15, 0.2) is 48.5 Å². The standard InChI is InChI=1S/C25H30N4O3/c1-27-15-18-9-3-4-10-19(18)20(16-27)26-25(31)29-17-23(24(30)28-13-7-2-8-14-28)32-22-12-6-5-11-21(22)29/h3-6,9-12,20,23H,2,7-8,13-17H2,1H3,(H,26,31). The van der Waals surface area contributed by atoms with Gasteiger partial charge in [-0.3, -0.25) is 14.6 Å². The monoisotopic (exact) mass is 434 g/mol. The number of nitrogens with zero attached hydrogens (tertiary/aromatic N) is 3.